The first-order valence-electron chi connectivity index (χ1n) is 4.31. The quantitative estimate of drug-likeness (QED) is 0.734. The van der Waals surface area contributed by atoms with Crippen LogP contribution in [0.1, 0.15) is 5.56 Å². The molecule has 0 amide bonds. The van der Waals surface area contributed by atoms with Gasteiger partial charge in [-0.15, -0.1) is 5.10 Å². The molecule has 2 rings (SSSR count). The van der Waals surface area contributed by atoms with Gasteiger partial charge < -0.3 is 5.73 Å². The first-order chi connectivity index (χ1) is 7.48. The number of halogens is 3. The molecule has 2 aromatic rings. The van der Waals surface area contributed by atoms with E-state index in [9.17, 15) is 13.2 Å². The molecule has 0 saturated heterocycles. The molecule has 4 nitrogen and oxygen atoms in total. The van der Waals surface area contributed by atoms with Crippen LogP contribution in [-0.4, -0.2) is 15.4 Å². The Labute approximate surface area is 88.3 Å². The van der Waals surface area contributed by atoms with Crippen LogP contribution in [0, 0.1) is 0 Å². The number of anilines is 1. The molecule has 0 radical (unpaired) electrons. The van der Waals surface area contributed by atoms with Gasteiger partial charge in [-0.1, -0.05) is 5.21 Å². The van der Waals surface area contributed by atoms with Gasteiger partial charge in [0, 0.05) is 11.3 Å². The van der Waals surface area contributed by atoms with E-state index in [2.05, 4.69) is 15.4 Å². The highest BCUT2D eigenvalue weighted by molar-refractivity contribution is 5.73. The van der Waals surface area contributed by atoms with Crippen molar-refractivity contribution in [2.24, 2.45) is 0 Å². The summed E-state index contributed by atoms with van der Waals surface area (Å²) in [6.45, 7) is 0. The highest BCUT2D eigenvalue weighted by atomic mass is 19.4. The zero-order valence-corrected chi connectivity index (χ0v) is 7.92. The van der Waals surface area contributed by atoms with Crippen molar-refractivity contribution in [2.75, 3.05) is 5.73 Å². The molecular formula is C9H7F3N4. The predicted molar refractivity (Wildman–Crippen MR) is 51.2 cm³/mol. The Balaban J connectivity index is 2.54. The van der Waals surface area contributed by atoms with Gasteiger partial charge in [-0.25, -0.2) is 0 Å². The number of nitrogens with one attached hydrogen (secondary N) is 1. The number of nitrogen functional groups attached to an aromatic ring is 1. The molecule has 7 heteroatoms. The Morgan fingerprint density at radius 1 is 1.25 bits per heavy atom. The summed E-state index contributed by atoms with van der Waals surface area (Å²) in [5.74, 6) is 0. The molecule has 0 aliphatic rings. The monoisotopic (exact) mass is 228 g/mol. The van der Waals surface area contributed by atoms with Gasteiger partial charge in [-0.2, -0.15) is 13.2 Å². The Morgan fingerprint density at radius 3 is 2.56 bits per heavy atom. The second-order valence-corrected chi connectivity index (χ2v) is 3.17. The lowest BCUT2D eigenvalue weighted by Gasteiger charge is -2.09. The van der Waals surface area contributed by atoms with Crippen LogP contribution in [0.3, 0.4) is 0 Å². The molecule has 0 atom stereocenters. The van der Waals surface area contributed by atoms with Crippen LogP contribution in [-0.2, 0) is 6.18 Å². The molecule has 3 N–H and O–H groups in total. The molecule has 1 aromatic carbocycles. The fraction of sp³-hybridized carbons (Fsp3) is 0.111. The lowest BCUT2D eigenvalue weighted by Crippen LogP contribution is -2.05. The molecule has 84 valence electrons. The summed E-state index contributed by atoms with van der Waals surface area (Å²) in [6.07, 6.45) is -3.08. The van der Waals surface area contributed by atoms with Gasteiger partial charge >= 0.3 is 6.18 Å². The third-order valence-electron chi connectivity index (χ3n) is 2.09. The van der Waals surface area contributed by atoms with Crippen molar-refractivity contribution in [1.82, 2.24) is 15.4 Å². The molecule has 0 spiro atoms. The van der Waals surface area contributed by atoms with Gasteiger partial charge in [-0.05, 0) is 18.2 Å². The van der Waals surface area contributed by atoms with E-state index in [1.165, 1.54) is 12.3 Å². The molecule has 0 bridgehead atoms. The van der Waals surface area contributed by atoms with Crippen LogP contribution in [0.4, 0.5) is 18.9 Å². The van der Waals surface area contributed by atoms with E-state index in [4.69, 9.17) is 5.73 Å². The first kappa shape index (κ1) is 10.5. The van der Waals surface area contributed by atoms with E-state index in [0.29, 0.717) is 5.69 Å². The van der Waals surface area contributed by atoms with E-state index in [0.717, 1.165) is 12.1 Å². The van der Waals surface area contributed by atoms with Gasteiger partial charge in [0.15, 0.2) is 0 Å². The van der Waals surface area contributed by atoms with Crippen molar-refractivity contribution in [3.05, 3.63) is 30.0 Å². The predicted octanol–water partition coefficient (Wildman–Crippen LogP) is 2.07. The topological polar surface area (TPSA) is 67.6 Å². The minimum atomic E-state index is -4.39. The molecule has 0 fully saturated rings. The molecule has 0 saturated carbocycles. The number of rotatable bonds is 1. The second-order valence-electron chi connectivity index (χ2n) is 3.17. The molecule has 0 unspecified atom stereocenters. The van der Waals surface area contributed by atoms with Crippen molar-refractivity contribution in [3.8, 4) is 11.3 Å². The second kappa shape index (κ2) is 3.51. The number of H-pyrrole nitrogens is 1. The van der Waals surface area contributed by atoms with Crippen molar-refractivity contribution < 1.29 is 13.2 Å². The van der Waals surface area contributed by atoms with Crippen LogP contribution in [0.2, 0.25) is 0 Å². The van der Waals surface area contributed by atoms with Gasteiger partial charge in [-0.3, -0.25) is 5.10 Å². The fourth-order valence-electron chi connectivity index (χ4n) is 1.29. The van der Waals surface area contributed by atoms with Gasteiger partial charge in [0.05, 0.1) is 17.5 Å². The van der Waals surface area contributed by atoms with Crippen LogP contribution in [0.15, 0.2) is 24.4 Å². The van der Waals surface area contributed by atoms with Crippen molar-refractivity contribution in [2.45, 2.75) is 6.18 Å². The fourth-order valence-corrected chi connectivity index (χ4v) is 1.29. The lowest BCUT2D eigenvalue weighted by molar-refractivity contribution is -0.137. The van der Waals surface area contributed by atoms with Gasteiger partial charge in [0.2, 0.25) is 0 Å². The largest absolute Gasteiger partial charge is 0.416 e. The Hall–Kier alpha value is -2.05. The minimum absolute atomic E-state index is 0.235. The van der Waals surface area contributed by atoms with E-state index in [-0.39, 0.29) is 11.3 Å². The standard InChI is InChI=1S/C9H7F3N4/c10-9(11,12)5-1-2-7(13)6(3-5)8-4-14-16-15-8/h1-4H,13H2,(H,14,15,16). The summed E-state index contributed by atoms with van der Waals surface area (Å²) in [5.41, 5.74) is 5.64. The molecular weight excluding hydrogens is 221 g/mol. The number of hydrogen-bond donors (Lipinski definition) is 2. The van der Waals surface area contributed by atoms with E-state index >= 15 is 0 Å². The smallest absolute Gasteiger partial charge is 0.398 e. The maximum absolute atomic E-state index is 12.5. The highest BCUT2D eigenvalue weighted by Gasteiger charge is 2.31. The average Bonchev–Trinajstić information content (AvgIpc) is 2.69. The number of alkyl halides is 3. The van der Waals surface area contributed by atoms with Crippen LogP contribution < -0.4 is 5.73 Å². The number of nitrogens with two attached hydrogens (primary N) is 1. The summed E-state index contributed by atoms with van der Waals surface area (Å²) < 4.78 is 37.4. The van der Waals surface area contributed by atoms with Crippen LogP contribution in [0.25, 0.3) is 11.3 Å². The lowest BCUT2D eigenvalue weighted by atomic mass is 10.1. The SMILES string of the molecule is Nc1ccc(C(F)(F)F)cc1-c1cnn[nH]1. The van der Waals surface area contributed by atoms with Crippen molar-refractivity contribution in [1.29, 1.82) is 0 Å². The summed E-state index contributed by atoms with van der Waals surface area (Å²) in [7, 11) is 0. The third-order valence-corrected chi connectivity index (χ3v) is 2.09. The van der Waals surface area contributed by atoms with Gasteiger partial charge in [0.1, 0.15) is 0 Å². The van der Waals surface area contributed by atoms with E-state index < -0.39 is 11.7 Å². The maximum atomic E-state index is 12.5. The first-order valence-corrected chi connectivity index (χ1v) is 4.31. The zero-order valence-electron chi connectivity index (χ0n) is 7.92. The minimum Gasteiger partial charge on any atom is -0.398 e. The molecule has 1 heterocycles. The maximum Gasteiger partial charge on any atom is 0.416 e. The van der Waals surface area contributed by atoms with E-state index in [1.807, 2.05) is 0 Å². The van der Waals surface area contributed by atoms with Crippen molar-refractivity contribution >= 4 is 5.69 Å². The molecule has 0 aliphatic carbocycles. The number of benzene rings is 1. The average molecular weight is 228 g/mol. The summed E-state index contributed by atoms with van der Waals surface area (Å²) in [6, 6.07) is 3.10. The zero-order chi connectivity index (χ0) is 11.8. The van der Waals surface area contributed by atoms with Crippen molar-refractivity contribution in [3.63, 3.8) is 0 Å². The Morgan fingerprint density at radius 2 is 2.00 bits per heavy atom. The number of aromatic amines is 1. The summed E-state index contributed by atoms with van der Waals surface area (Å²) >= 11 is 0. The summed E-state index contributed by atoms with van der Waals surface area (Å²) in [5, 5.41) is 9.37. The Kier molecular flexibility index (Phi) is 2.30. The van der Waals surface area contributed by atoms with Crippen LogP contribution in [0.5, 0.6) is 0 Å². The van der Waals surface area contributed by atoms with E-state index in [1.54, 1.807) is 0 Å². The Bertz CT molecular complexity index is 490. The van der Waals surface area contributed by atoms with Gasteiger partial charge in [0.25, 0.3) is 0 Å². The normalized spacial score (nSPS) is 11.7. The number of aromatic nitrogens is 3. The third kappa shape index (κ3) is 1.83. The highest BCUT2D eigenvalue weighted by Crippen LogP contribution is 2.34. The summed E-state index contributed by atoms with van der Waals surface area (Å²) in [4.78, 5) is 0. The number of nitrogens with zero attached hydrogens (tertiary/aromatic N) is 2. The van der Waals surface area contributed by atoms with Crippen LogP contribution >= 0.6 is 0 Å². The molecule has 16 heavy (non-hydrogen) atoms. The molecule has 0 aliphatic heterocycles. The number of hydrogen-bond acceptors (Lipinski definition) is 3. The molecule has 1 aromatic heterocycles.